The van der Waals surface area contributed by atoms with E-state index in [4.69, 9.17) is 27.9 Å². The van der Waals surface area contributed by atoms with E-state index in [1.807, 2.05) is 24.3 Å². The van der Waals surface area contributed by atoms with Gasteiger partial charge in [0.05, 0.1) is 23.4 Å². The maximum Gasteiger partial charge on any atom is 0.240 e. The molecule has 2 aromatic rings. The molecule has 0 saturated carbocycles. The highest BCUT2D eigenvalue weighted by Crippen LogP contribution is 2.26. The zero-order valence-corrected chi connectivity index (χ0v) is 17.5. The lowest BCUT2D eigenvalue weighted by Crippen LogP contribution is -2.28. The zero-order chi connectivity index (χ0) is 20.8. The number of para-hydroxylation sites is 1. The van der Waals surface area contributed by atoms with Crippen molar-refractivity contribution < 1.29 is 14.3 Å². The Morgan fingerprint density at radius 2 is 2.07 bits per heavy atom. The predicted molar refractivity (Wildman–Crippen MR) is 117 cm³/mol. The van der Waals surface area contributed by atoms with Gasteiger partial charge in [-0.2, -0.15) is 5.10 Å². The average molecular weight is 451 g/mol. The van der Waals surface area contributed by atoms with Gasteiger partial charge >= 0.3 is 0 Å². The first-order valence-corrected chi connectivity index (χ1v) is 10.1. The first kappa shape index (κ1) is 21.2. The van der Waals surface area contributed by atoms with Gasteiger partial charge in [-0.25, -0.2) is 0 Å². The van der Waals surface area contributed by atoms with Gasteiger partial charge in [-0.15, -0.1) is 5.10 Å². The molecule has 1 atom stereocenters. The molecule has 150 valence electrons. The molecule has 29 heavy (non-hydrogen) atoms. The molecule has 2 aromatic carbocycles. The van der Waals surface area contributed by atoms with Gasteiger partial charge in [-0.1, -0.05) is 47.1 Å². The molecular weight excluding hydrogens is 435 g/mol. The van der Waals surface area contributed by atoms with Gasteiger partial charge in [0.25, 0.3) is 0 Å². The highest BCUT2D eigenvalue weighted by atomic mass is 35.5. The van der Waals surface area contributed by atoms with E-state index in [0.29, 0.717) is 26.6 Å². The van der Waals surface area contributed by atoms with Gasteiger partial charge in [0.15, 0.2) is 5.17 Å². The Bertz CT molecular complexity index is 997. The maximum absolute atomic E-state index is 12.2. The molecule has 1 fully saturated rings. The first-order valence-electron chi connectivity index (χ1n) is 8.42. The molecule has 2 amide bonds. The Labute approximate surface area is 181 Å². The molecule has 0 aliphatic carbocycles. The lowest BCUT2D eigenvalue weighted by Gasteiger charge is -2.08. The van der Waals surface area contributed by atoms with Crippen LogP contribution in [-0.2, 0) is 9.59 Å². The number of amides is 2. The standard InChI is InChI=1S/C19H16Cl2N4O3S/c1-28-15-5-3-2-4-11(15)10-22-25-19-24-18(27)16(29-19)9-17(26)23-12-6-7-13(20)14(21)8-12/h2-8,10,16H,9H2,1H3,(H,23,26)(H,24,25,27)/b22-10-. The minimum absolute atomic E-state index is 0.0218. The van der Waals surface area contributed by atoms with Crippen LogP contribution in [0.15, 0.2) is 52.7 Å². The molecule has 0 aromatic heterocycles. The summed E-state index contributed by atoms with van der Waals surface area (Å²) < 4.78 is 5.23. The van der Waals surface area contributed by atoms with E-state index in [1.165, 1.54) is 6.21 Å². The number of thioether (sulfide) groups is 1. The van der Waals surface area contributed by atoms with Crippen molar-refractivity contribution in [2.75, 3.05) is 12.4 Å². The van der Waals surface area contributed by atoms with Gasteiger partial charge in [-0.3, -0.25) is 9.59 Å². The first-order chi connectivity index (χ1) is 14.0. The van der Waals surface area contributed by atoms with Crippen molar-refractivity contribution in [2.24, 2.45) is 10.2 Å². The lowest BCUT2D eigenvalue weighted by molar-refractivity contribution is -0.122. The number of ether oxygens (including phenoxy) is 1. The second kappa shape index (κ2) is 9.78. The molecule has 2 N–H and O–H groups in total. The minimum Gasteiger partial charge on any atom is -0.496 e. The quantitative estimate of drug-likeness (QED) is 0.514. The number of hydrogen-bond acceptors (Lipinski definition) is 6. The molecule has 3 rings (SSSR count). The molecule has 10 heteroatoms. The van der Waals surface area contributed by atoms with Crippen LogP contribution in [0, 0.1) is 0 Å². The normalized spacial score (nSPS) is 17.6. The fraction of sp³-hybridized carbons (Fsp3) is 0.158. The van der Waals surface area contributed by atoms with E-state index in [2.05, 4.69) is 20.8 Å². The molecule has 7 nitrogen and oxygen atoms in total. The largest absolute Gasteiger partial charge is 0.496 e. The summed E-state index contributed by atoms with van der Waals surface area (Å²) in [6.07, 6.45) is 1.51. The minimum atomic E-state index is -0.599. The monoisotopic (exact) mass is 450 g/mol. The van der Waals surface area contributed by atoms with Crippen LogP contribution in [0.4, 0.5) is 5.69 Å². The summed E-state index contributed by atoms with van der Waals surface area (Å²) in [6, 6.07) is 12.1. The van der Waals surface area contributed by atoms with Crippen LogP contribution in [0.3, 0.4) is 0 Å². The average Bonchev–Trinajstić information content (AvgIpc) is 3.04. The number of carbonyl (C=O) groups is 2. The van der Waals surface area contributed by atoms with Gasteiger partial charge in [-0.05, 0) is 30.3 Å². The van der Waals surface area contributed by atoms with Crippen LogP contribution in [0.25, 0.3) is 0 Å². The summed E-state index contributed by atoms with van der Waals surface area (Å²) >= 11 is 12.9. The van der Waals surface area contributed by atoms with Crippen LogP contribution >= 0.6 is 35.0 Å². The number of rotatable bonds is 6. The Hall–Kier alpha value is -2.55. The smallest absolute Gasteiger partial charge is 0.240 e. The van der Waals surface area contributed by atoms with Gasteiger partial charge < -0.3 is 15.4 Å². The number of nitrogens with zero attached hydrogens (tertiary/aromatic N) is 2. The molecular formula is C19H16Cl2N4O3S. The zero-order valence-electron chi connectivity index (χ0n) is 15.2. The van der Waals surface area contributed by atoms with Crippen LogP contribution in [0.2, 0.25) is 10.0 Å². The van der Waals surface area contributed by atoms with Crippen molar-refractivity contribution in [1.82, 2.24) is 5.32 Å². The summed E-state index contributed by atoms with van der Waals surface area (Å²) in [6.45, 7) is 0. The van der Waals surface area contributed by atoms with Crippen LogP contribution in [0.5, 0.6) is 5.75 Å². The topological polar surface area (TPSA) is 92.2 Å². The van der Waals surface area contributed by atoms with E-state index in [1.54, 1.807) is 25.3 Å². The SMILES string of the molecule is COc1ccccc1/C=N\N=C1/NC(=O)C(CC(=O)Nc2ccc(Cl)c(Cl)c2)S1. The predicted octanol–water partition coefficient (Wildman–Crippen LogP) is 3.95. The van der Waals surface area contributed by atoms with E-state index in [0.717, 1.165) is 17.3 Å². The number of benzene rings is 2. The summed E-state index contributed by atoms with van der Waals surface area (Å²) in [5.41, 5.74) is 1.26. The molecule has 1 unspecified atom stereocenters. The summed E-state index contributed by atoms with van der Waals surface area (Å²) in [7, 11) is 1.57. The van der Waals surface area contributed by atoms with Crippen molar-refractivity contribution in [2.45, 2.75) is 11.7 Å². The van der Waals surface area contributed by atoms with Crippen LogP contribution < -0.4 is 15.4 Å². The molecule has 0 radical (unpaired) electrons. The number of nitrogens with one attached hydrogen (secondary N) is 2. The number of methoxy groups -OCH3 is 1. The van der Waals surface area contributed by atoms with Crippen molar-refractivity contribution in [3.8, 4) is 5.75 Å². The van der Waals surface area contributed by atoms with E-state index in [9.17, 15) is 9.59 Å². The van der Waals surface area contributed by atoms with Gasteiger partial charge in [0.2, 0.25) is 11.8 Å². The number of hydrogen-bond donors (Lipinski definition) is 2. The van der Waals surface area contributed by atoms with Crippen LogP contribution in [-0.4, -0.2) is 35.6 Å². The molecule has 1 saturated heterocycles. The number of halogens is 2. The Morgan fingerprint density at radius 1 is 1.28 bits per heavy atom. The van der Waals surface area contributed by atoms with E-state index < -0.39 is 5.25 Å². The highest BCUT2D eigenvalue weighted by Gasteiger charge is 2.32. The van der Waals surface area contributed by atoms with Crippen molar-refractivity contribution in [1.29, 1.82) is 0 Å². The van der Waals surface area contributed by atoms with E-state index >= 15 is 0 Å². The molecule has 0 bridgehead atoms. The van der Waals surface area contributed by atoms with Crippen molar-refractivity contribution in [3.63, 3.8) is 0 Å². The molecule has 0 spiro atoms. The highest BCUT2D eigenvalue weighted by molar-refractivity contribution is 8.15. The number of carbonyl (C=O) groups excluding carboxylic acids is 2. The molecule has 1 heterocycles. The van der Waals surface area contributed by atoms with E-state index in [-0.39, 0.29) is 18.2 Å². The second-order valence-corrected chi connectivity index (χ2v) is 7.87. The maximum atomic E-state index is 12.2. The van der Waals surface area contributed by atoms with Crippen LogP contribution in [0.1, 0.15) is 12.0 Å². The summed E-state index contributed by atoms with van der Waals surface area (Å²) in [4.78, 5) is 24.3. The summed E-state index contributed by atoms with van der Waals surface area (Å²) in [5, 5.41) is 13.8. The summed E-state index contributed by atoms with van der Waals surface area (Å²) in [5.74, 6) is 0.0387. The Kier molecular flexibility index (Phi) is 7.13. The fourth-order valence-electron chi connectivity index (χ4n) is 2.46. The second-order valence-electron chi connectivity index (χ2n) is 5.87. The fourth-order valence-corrected chi connectivity index (χ4v) is 3.68. The third kappa shape index (κ3) is 5.72. The Balaban J connectivity index is 1.58. The number of anilines is 1. The number of amidine groups is 1. The third-order valence-corrected chi connectivity index (χ3v) is 5.65. The molecule has 1 aliphatic rings. The Morgan fingerprint density at radius 3 is 2.83 bits per heavy atom. The van der Waals surface area contributed by atoms with Crippen molar-refractivity contribution >= 4 is 63.8 Å². The lowest BCUT2D eigenvalue weighted by atomic mass is 10.2. The van der Waals surface area contributed by atoms with Gasteiger partial charge in [0.1, 0.15) is 11.0 Å². The third-order valence-electron chi connectivity index (χ3n) is 3.83. The van der Waals surface area contributed by atoms with Crippen molar-refractivity contribution in [3.05, 3.63) is 58.1 Å². The van der Waals surface area contributed by atoms with Gasteiger partial charge in [0, 0.05) is 17.7 Å². The molecule has 1 aliphatic heterocycles.